The van der Waals surface area contributed by atoms with Crippen LogP contribution in [0.4, 0.5) is 5.82 Å². The van der Waals surface area contributed by atoms with E-state index in [0.717, 1.165) is 68.6 Å². The lowest BCUT2D eigenvalue weighted by Crippen LogP contribution is -2.52. The predicted octanol–water partition coefficient (Wildman–Crippen LogP) is 4.90. The van der Waals surface area contributed by atoms with Crippen molar-refractivity contribution in [1.29, 1.82) is 0 Å². The summed E-state index contributed by atoms with van der Waals surface area (Å²) in [5, 5.41) is 3.32. The highest BCUT2D eigenvalue weighted by Gasteiger charge is 2.36. The Bertz CT molecular complexity index is 900. The van der Waals surface area contributed by atoms with E-state index >= 15 is 0 Å². The molecule has 7 nitrogen and oxygen atoms in total. The van der Waals surface area contributed by atoms with Crippen molar-refractivity contribution < 1.29 is 9.53 Å². The number of ether oxygens (including phenoxy) is 1. The first-order chi connectivity index (χ1) is 17.5. The number of aromatic nitrogens is 2. The maximum Gasteiger partial charge on any atom is 0.223 e. The van der Waals surface area contributed by atoms with Crippen LogP contribution in [0.15, 0.2) is 6.07 Å². The number of methoxy groups -OCH3 is 1. The SMILES string of the molecule is COC1CC(C(=O)NC2CCC(CCN3CCN(c4cc(C(C)C)nc(C(C)(C)C)n4)[C@@H](C)C3)CC2)C1. The van der Waals surface area contributed by atoms with Gasteiger partial charge in [0.25, 0.3) is 0 Å². The minimum Gasteiger partial charge on any atom is -0.381 e. The van der Waals surface area contributed by atoms with Crippen LogP contribution < -0.4 is 10.2 Å². The second kappa shape index (κ2) is 12.0. The summed E-state index contributed by atoms with van der Waals surface area (Å²) in [5.41, 5.74) is 1.08. The zero-order valence-corrected chi connectivity index (χ0v) is 24.4. The molecule has 208 valence electrons. The Morgan fingerprint density at radius 1 is 1.14 bits per heavy atom. The average molecular weight is 514 g/mol. The highest BCUT2D eigenvalue weighted by Crippen LogP contribution is 2.32. The molecule has 4 rings (SSSR count). The fourth-order valence-electron chi connectivity index (χ4n) is 6.06. The highest BCUT2D eigenvalue weighted by atomic mass is 16.5. The lowest BCUT2D eigenvalue weighted by Gasteiger charge is -2.41. The molecule has 0 spiro atoms. The first-order valence-corrected chi connectivity index (χ1v) is 14.7. The molecular weight excluding hydrogens is 462 g/mol. The van der Waals surface area contributed by atoms with Gasteiger partial charge >= 0.3 is 0 Å². The van der Waals surface area contributed by atoms with Gasteiger partial charge in [0, 0.05) is 61.9 Å². The van der Waals surface area contributed by atoms with Gasteiger partial charge in [-0.2, -0.15) is 0 Å². The van der Waals surface area contributed by atoms with E-state index in [2.05, 4.69) is 62.7 Å². The molecule has 0 unspecified atom stereocenters. The molecule has 0 aromatic carbocycles. The number of nitrogens with one attached hydrogen (secondary N) is 1. The van der Waals surface area contributed by atoms with Crippen LogP contribution >= 0.6 is 0 Å². The molecule has 2 aliphatic carbocycles. The van der Waals surface area contributed by atoms with E-state index in [9.17, 15) is 4.79 Å². The van der Waals surface area contributed by atoms with Crippen LogP contribution in [-0.2, 0) is 14.9 Å². The zero-order chi connectivity index (χ0) is 26.7. The van der Waals surface area contributed by atoms with Gasteiger partial charge in [0.1, 0.15) is 11.6 Å². The van der Waals surface area contributed by atoms with Crippen LogP contribution in [-0.4, -0.2) is 72.3 Å². The fraction of sp³-hybridized carbons (Fsp3) is 0.833. The molecule has 2 heterocycles. The number of carbonyl (C=O) groups is 1. The van der Waals surface area contributed by atoms with Crippen molar-refractivity contribution in [1.82, 2.24) is 20.2 Å². The summed E-state index contributed by atoms with van der Waals surface area (Å²) >= 11 is 0. The predicted molar refractivity (Wildman–Crippen MR) is 150 cm³/mol. The highest BCUT2D eigenvalue weighted by molar-refractivity contribution is 5.80. The van der Waals surface area contributed by atoms with Gasteiger partial charge < -0.3 is 15.0 Å². The molecule has 0 radical (unpaired) electrons. The Hall–Kier alpha value is -1.73. The lowest BCUT2D eigenvalue weighted by molar-refractivity contribution is -0.133. The van der Waals surface area contributed by atoms with Crippen molar-refractivity contribution in [2.24, 2.45) is 11.8 Å². The van der Waals surface area contributed by atoms with Gasteiger partial charge in [-0.1, -0.05) is 34.6 Å². The topological polar surface area (TPSA) is 70.6 Å². The van der Waals surface area contributed by atoms with Crippen LogP contribution in [0.1, 0.15) is 104 Å². The smallest absolute Gasteiger partial charge is 0.223 e. The van der Waals surface area contributed by atoms with E-state index in [-0.39, 0.29) is 23.3 Å². The fourth-order valence-corrected chi connectivity index (χ4v) is 6.06. The second-order valence-corrected chi connectivity index (χ2v) is 13.3. The molecule has 1 amide bonds. The zero-order valence-electron chi connectivity index (χ0n) is 24.4. The summed E-state index contributed by atoms with van der Waals surface area (Å²) in [6, 6.07) is 3.02. The van der Waals surface area contributed by atoms with Crippen molar-refractivity contribution in [3.05, 3.63) is 17.6 Å². The summed E-state index contributed by atoms with van der Waals surface area (Å²) < 4.78 is 5.32. The number of piperazine rings is 1. The number of rotatable bonds is 8. The van der Waals surface area contributed by atoms with Crippen molar-refractivity contribution in [2.75, 3.05) is 38.2 Å². The van der Waals surface area contributed by atoms with Gasteiger partial charge in [-0.25, -0.2) is 9.97 Å². The molecular formula is C30H51N5O2. The molecule has 1 N–H and O–H groups in total. The summed E-state index contributed by atoms with van der Waals surface area (Å²) in [5.74, 6) is 3.64. The lowest BCUT2D eigenvalue weighted by atomic mass is 9.80. The van der Waals surface area contributed by atoms with E-state index in [1.165, 1.54) is 25.8 Å². The molecule has 1 aliphatic heterocycles. The van der Waals surface area contributed by atoms with Gasteiger partial charge in [-0.15, -0.1) is 0 Å². The molecule has 1 saturated heterocycles. The monoisotopic (exact) mass is 513 g/mol. The van der Waals surface area contributed by atoms with Gasteiger partial charge in [0.15, 0.2) is 0 Å². The Labute approximate surface area is 225 Å². The van der Waals surface area contributed by atoms with Gasteiger partial charge in [0.2, 0.25) is 5.91 Å². The number of carbonyl (C=O) groups excluding carboxylic acids is 1. The van der Waals surface area contributed by atoms with Crippen LogP contribution in [0.3, 0.4) is 0 Å². The van der Waals surface area contributed by atoms with Crippen LogP contribution in [0.25, 0.3) is 0 Å². The van der Waals surface area contributed by atoms with Crippen molar-refractivity contribution >= 4 is 11.7 Å². The number of nitrogens with zero attached hydrogens (tertiary/aromatic N) is 4. The van der Waals surface area contributed by atoms with E-state index in [0.29, 0.717) is 18.0 Å². The van der Waals surface area contributed by atoms with Crippen molar-refractivity contribution in [3.63, 3.8) is 0 Å². The van der Waals surface area contributed by atoms with E-state index in [1.54, 1.807) is 7.11 Å². The average Bonchev–Trinajstić information content (AvgIpc) is 2.82. The molecule has 1 aromatic rings. The van der Waals surface area contributed by atoms with Crippen LogP contribution in [0.2, 0.25) is 0 Å². The van der Waals surface area contributed by atoms with E-state index in [1.807, 2.05) is 0 Å². The van der Waals surface area contributed by atoms with Gasteiger partial charge in [0.05, 0.1) is 6.10 Å². The molecule has 1 atom stereocenters. The molecule has 2 saturated carbocycles. The summed E-state index contributed by atoms with van der Waals surface area (Å²) in [7, 11) is 1.74. The normalized spacial score (nSPS) is 29.3. The maximum atomic E-state index is 12.5. The number of amides is 1. The molecule has 1 aromatic heterocycles. The maximum absolute atomic E-state index is 12.5. The number of hydrogen-bond acceptors (Lipinski definition) is 6. The molecule has 3 aliphatic rings. The minimum atomic E-state index is -0.0587. The van der Waals surface area contributed by atoms with Crippen LogP contribution in [0, 0.1) is 11.8 Å². The summed E-state index contributed by atoms with van der Waals surface area (Å²) in [6.07, 6.45) is 8.06. The Morgan fingerprint density at radius 3 is 2.43 bits per heavy atom. The quantitative estimate of drug-likeness (QED) is 0.533. The second-order valence-electron chi connectivity index (χ2n) is 13.3. The summed E-state index contributed by atoms with van der Waals surface area (Å²) in [6.45, 7) is 17.7. The van der Waals surface area contributed by atoms with Gasteiger partial charge in [-0.3, -0.25) is 9.69 Å². The number of hydrogen-bond donors (Lipinski definition) is 1. The van der Waals surface area contributed by atoms with Crippen molar-refractivity contribution in [2.45, 2.75) is 116 Å². The van der Waals surface area contributed by atoms with Crippen LogP contribution in [0.5, 0.6) is 0 Å². The Kier molecular flexibility index (Phi) is 9.16. The third-order valence-corrected chi connectivity index (χ3v) is 8.85. The standard InChI is InChI=1S/C30H51N5O2/c1-20(2)26-18-27(33-29(32-26)30(4,5)6)35-15-14-34(19-21(35)3)13-12-22-8-10-24(11-9-22)31-28(36)23-16-25(17-23)37-7/h18,20-25H,8-17,19H2,1-7H3,(H,31,36)/t21-,22?,23?,24?,25?/m0/s1. The molecule has 37 heavy (non-hydrogen) atoms. The third-order valence-electron chi connectivity index (χ3n) is 8.85. The Balaban J connectivity index is 1.22. The third kappa shape index (κ3) is 7.23. The van der Waals surface area contributed by atoms with Crippen molar-refractivity contribution in [3.8, 4) is 0 Å². The number of anilines is 1. The molecule has 0 bridgehead atoms. The Morgan fingerprint density at radius 2 is 1.84 bits per heavy atom. The first kappa shape index (κ1) is 28.3. The molecule has 7 heteroatoms. The first-order valence-electron chi connectivity index (χ1n) is 14.7. The largest absolute Gasteiger partial charge is 0.381 e. The minimum absolute atomic E-state index is 0.0587. The van der Waals surface area contributed by atoms with Gasteiger partial charge in [-0.05, 0) is 70.3 Å². The molecule has 3 fully saturated rings. The van der Waals surface area contributed by atoms with E-state index in [4.69, 9.17) is 14.7 Å². The summed E-state index contributed by atoms with van der Waals surface area (Å²) in [4.78, 5) is 27.5. The van der Waals surface area contributed by atoms with E-state index < -0.39 is 0 Å².